The van der Waals surface area contributed by atoms with Gasteiger partial charge in [-0.2, -0.15) is 13.2 Å². The lowest BCUT2D eigenvalue weighted by Crippen LogP contribution is -2.20. The van der Waals surface area contributed by atoms with Gasteiger partial charge < -0.3 is 20.9 Å². The van der Waals surface area contributed by atoms with Crippen LogP contribution < -0.4 is 16.4 Å². The van der Waals surface area contributed by atoms with E-state index in [0.717, 1.165) is 34.2 Å². The molecule has 0 atom stereocenters. The molecule has 5 rings (SSSR count). The standard InChI is InChI=1S/C26H20F3N7O/c1-15-5-6-19(35-25(37)34-18-4-2-3-17(9-18)26(27,28)29)10-20(15)21-11-22-16(13-31-21)7-8-36(22)24-12-23(30)32-14-33-24/h2-14H,1H3,(H2,30,32,33)(H2,34,35,37). The highest BCUT2D eigenvalue weighted by Crippen LogP contribution is 2.31. The van der Waals surface area contributed by atoms with Crippen molar-refractivity contribution in [3.05, 3.63) is 90.5 Å². The number of anilines is 3. The molecule has 0 saturated carbocycles. The second kappa shape index (κ2) is 9.26. The second-order valence-corrected chi connectivity index (χ2v) is 8.30. The van der Waals surface area contributed by atoms with E-state index in [1.54, 1.807) is 24.4 Å². The summed E-state index contributed by atoms with van der Waals surface area (Å²) in [5.41, 5.74) is 8.64. The lowest BCUT2D eigenvalue weighted by molar-refractivity contribution is -0.137. The van der Waals surface area contributed by atoms with Gasteiger partial charge in [0, 0.05) is 40.8 Å². The van der Waals surface area contributed by atoms with Gasteiger partial charge in [-0.25, -0.2) is 14.8 Å². The van der Waals surface area contributed by atoms with Gasteiger partial charge in [0.15, 0.2) is 0 Å². The Bertz CT molecular complexity index is 1630. The van der Waals surface area contributed by atoms with Crippen LogP contribution in [0.1, 0.15) is 11.1 Å². The topological polar surface area (TPSA) is 111 Å². The predicted octanol–water partition coefficient (Wildman–Crippen LogP) is 6.04. The van der Waals surface area contributed by atoms with Crippen LogP contribution in [0.15, 0.2) is 79.4 Å². The van der Waals surface area contributed by atoms with Crippen molar-refractivity contribution in [3.63, 3.8) is 0 Å². The molecule has 0 fully saturated rings. The number of hydrogen-bond acceptors (Lipinski definition) is 5. The van der Waals surface area contributed by atoms with E-state index in [0.29, 0.717) is 23.0 Å². The largest absolute Gasteiger partial charge is 0.416 e. The molecule has 0 unspecified atom stereocenters. The highest BCUT2D eigenvalue weighted by atomic mass is 19.4. The summed E-state index contributed by atoms with van der Waals surface area (Å²) in [6, 6.07) is 14.5. The number of nitrogen functional groups attached to an aromatic ring is 1. The van der Waals surface area contributed by atoms with Crippen molar-refractivity contribution < 1.29 is 18.0 Å². The van der Waals surface area contributed by atoms with Crippen LogP contribution in [-0.2, 0) is 6.18 Å². The molecule has 3 heterocycles. The molecule has 0 aliphatic carbocycles. The van der Waals surface area contributed by atoms with Crippen LogP contribution in [0.4, 0.5) is 35.2 Å². The molecule has 186 valence electrons. The maximum absolute atomic E-state index is 13.0. The van der Waals surface area contributed by atoms with E-state index < -0.39 is 17.8 Å². The fraction of sp³-hybridized carbons (Fsp3) is 0.0769. The number of nitrogens with zero attached hydrogens (tertiary/aromatic N) is 4. The Kier molecular flexibility index (Phi) is 5.96. The maximum atomic E-state index is 13.0. The number of aromatic nitrogens is 4. The molecule has 2 aromatic carbocycles. The number of aryl methyl sites for hydroxylation is 1. The number of urea groups is 1. The summed E-state index contributed by atoms with van der Waals surface area (Å²) < 4.78 is 40.8. The van der Waals surface area contributed by atoms with Gasteiger partial charge in [0.25, 0.3) is 0 Å². The van der Waals surface area contributed by atoms with Crippen molar-refractivity contribution in [2.45, 2.75) is 13.1 Å². The molecule has 4 N–H and O–H groups in total. The number of nitrogens with two attached hydrogens (primary N) is 1. The molecule has 0 aliphatic rings. The number of alkyl halides is 3. The van der Waals surface area contributed by atoms with Crippen molar-refractivity contribution in [2.75, 3.05) is 16.4 Å². The first-order chi connectivity index (χ1) is 17.7. The van der Waals surface area contributed by atoms with Gasteiger partial charge in [-0.3, -0.25) is 4.98 Å². The number of carbonyl (C=O) groups excluding carboxylic acids is 1. The average molecular weight is 503 g/mol. The van der Waals surface area contributed by atoms with Crippen molar-refractivity contribution in [2.24, 2.45) is 0 Å². The summed E-state index contributed by atoms with van der Waals surface area (Å²) in [6.07, 6.45) is 0.489. The minimum atomic E-state index is -4.51. The summed E-state index contributed by atoms with van der Waals surface area (Å²) in [6.45, 7) is 1.91. The van der Waals surface area contributed by atoms with E-state index in [1.165, 1.54) is 18.5 Å². The Hall–Kier alpha value is -4.93. The first-order valence-electron chi connectivity index (χ1n) is 11.1. The van der Waals surface area contributed by atoms with Gasteiger partial charge >= 0.3 is 12.2 Å². The van der Waals surface area contributed by atoms with Crippen LogP contribution in [0.2, 0.25) is 0 Å². The number of amides is 2. The van der Waals surface area contributed by atoms with Gasteiger partial charge in [0.2, 0.25) is 0 Å². The van der Waals surface area contributed by atoms with Crippen LogP contribution in [0, 0.1) is 6.92 Å². The van der Waals surface area contributed by atoms with Crippen molar-refractivity contribution >= 4 is 34.1 Å². The molecule has 5 aromatic rings. The number of rotatable bonds is 4. The minimum Gasteiger partial charge on any atom is -0.384 e. The molecule has 11 heteroatoms. The Balaban J connectivity index is 1.41. The molecule has 0 saturated heterocycles. The second-order valence-electron chi connectivity index (χ2n) is 8.30. The first-order valence-corrected chi connectivity index (χ1v) is 11.1. The highest BCUT2D eigenvalue weighted by molar-refractivity contribution is 6.00. The Morgan fingerprint density at radius 1 is 0.946 bits per heavy atom. The monoisotopic (exact) mass is 503 g/mol. The van der Waals surface area contributed by atoms with Crippen LogP contribution in [0.3, 0.4) is 0 Å². The van der Waals surface area contributed by atoms with E-state index in [2.05, 4.69) is 25.6 Å². The normalized spacial score (nSPS) is 11.5. The molecule has 3 aromatic heterocycles. The smallest absolute Gasteiger partial charge is 0.384 e. The van der Waals surface area contributed by atoms with Gasteiger partial charge in [-0.15, -0.1) is 0 Å². The Labute approximate surface area is 209 Å². The van der Waals surface area contributed by atoms with Crippen molar-refractivity contribution in [1.82, 2.24) is 19.5 Å². The zero-order chi connectivity index (χ0) is 26.2. The summed E-state index contributed by atoms with van der Waals surface area (Å²) in [7, 11) is 0. The number of carbonyl (C=O) groups is 1. The molecule has 8 nitrogen and oxygen atoms in total. The lowest BCUT2D eigenvalue weighted by Gasteiger charge is -2.13. The zero-order valence-electron chi connectivity index (χ0n) is 19.4. The molecular formula is C26H20F3N7O. The molecular weight excluding hydrogens is 483 g/mol. The summed E-state index contributed by atoms with van der Waals surface area (Å²) in [5, 5.41) is 6.00. The van der Waals surface area contributed by atoms with Gasteiger partial charge in [0.1, 0.15) is 18.0 Å². The van der Waals surface area contributed by atoms with Crippen LogP contribution in [-0.4, -0.2) is 25.6 Å². The van der Waals surface area contributed by atoms with E-state index in [9.17, 15) is 18.0 Å². The number of benzene rings is 2. The minimum absolute atomic E-state index is 0.0258. The first kappa shape index (κ1) is 23.8. The van der Waals surface area contributed by atoms with E-state index in [-0.39, 0.29) is 5.69 Å². The van der Waals surface area contributed by atoms with Gasteiger partial charge in [-0.1, -0.05) is 12.1 Å². The van der Waals surface area contributed by atoms with Crippen LogP contribution >= 0.6 is 0 Å². The number of hydrogen-bond donors (Lipinski definition) is 3. The third-order valence-electron chi connectivity index (χ3n) is 5.71. The predicted molar refractivity (Wildman–Crippen MR) is 135 cm³/mol. The molecule has 0 bridgehead atoms. The van der Waals surface area contributed by atoms with Crippen molar-refractivity contribution in [1.29, 1.82) is 0 Å². The van der Waals surface area contributed by atoms with Crippen LogP contribution in [0.25, 0.3) is 28.0 Å². The lowest BCUT2D eigenvalue weighted by atomic mass is 10.0. The fourth-order valence-corrected chi connectivity index (χ4v) is 3.91. The van der Waals surface area contributed by atoms with E-state index >= 15 is 0 Å². The zero-order valence-corrected chi connectivity index (χ0v) is 19.4. The fourth-order valence-electron chi connectivity index (χ4n) is 3.91. The van der Waals surface area contributed by atoms with Crippen molar-refractivity contribution in [3.8, 4) is 17.1 Å². The summed E-state index contributed by atoms with van der Waals surface area (Å²) in [4.78, 5) is 25.3. The molecule has 37 heavy (non-hydrogen) atoms. The third-order valence-corrected chi connectivity index (χ3v) is 5.71. The molecule has 0 spiro atoms. The average Bonchev–Trinajstić information content (AvgIpc) is 3.28. The number of halogens is 3. The maximum Gasteiger partial charge on any atom is 0.416 e. The summed E-state index contributed by atoms with van der Waals surface area (Å²) >= 11 is 0. The molecule has 0 aliphatic heterocycles. The van der Waals surface area contributed by atoms with Gasteiger partial charge in [-0.05, 0) is 55.0 Å². The van der Waals surface area contributed by atoms with Crippen LogP contribution in [0.5, 0.6) is 0 Å². The highest BCUT2D eigenvalue weighted by Gasteiger charge is 2.30. The summed E-state index contributed by atoms with van der Waals surface area (Å²) in [5.74, 6) is 0.956. The third kappa shape index (κ3) is 5.06. The van der Waals surface area contributed by atoms with Gasteiger partial charge in [0.05, 0.1) is 16.8 Å². The SMILES string of the molecule is Cc1ccc(NC(=O)Nc2cccc(C(F)(F)F)c2)cc1-c1cc2c(ccn2-c2cc(N)ncn2)cn1. The quantitative estimate of drug-likeness (QED) is 0.277. The van der Waals surface area contributed by atoms with E-state index in [4.69, 9.17) is 5.73 Å². The number of fused-ring (bicyclic) bond motifs is 1. The Morgan fingerprint density at radius 3 is 2.49 bits per heavy atom. The number of pyridine rings is 1. The molecule has 0 radical (unpaired) electrons. The Morgan fingerprint density at radius 2 is 1.73 bits per heavy atom. The molecule has 2 amide bonds. The number of nitrogens with one attached hydrogen (secondary N) is 2. The van der Waals surface area contributed by atoms with E-state index in [1.807, 2.05) is 35.9 Å².